The molecule has 2 N–H and O–H groups in total. The van der Waals surface area contributed by atoms with E-state index < -0.39 is 0 Å². The SMILES string of the molecule is COCCCOc1cc(C(=O)N(C[C@@H]2CNC[C@H]2CN(C(=O)Oc2n[nH]c3c2CCC3)C2CC2)C(C)C)ccc1OC. The minimum Gasteiger partial charge on any atom is -0.493 e. The molecule has 3 aliphatic rings. The van der Waals surface area contributed by atoms with Crippen molar-refractivity contribution in [1.29, 1.82) is 0 Å². The zero-order chi connectivity index (χ0) is 29.6. The average molecular weight is 584 g/mol. The van der Waals surface area contributed by atoms with Gasteiger partial charge in [0, 0.05) is 75.2 Å². The maximum Gasteiger partial charge on any atom is 0.416 e. The summed E-state index contributed by atoms with van der Waals surface area (Å²) in [6, 6.07) is 5.54. The van der Waals surface area contributed by atoms with Crippen LogP contribution in [0.5, 0.6) is 17.4 Å². The van der Waals surface area contributed by atoms with Gasteiger partial charge in [0.05, 0.1) is 13.7 Å². The van der Waals surface area contributed by atoms with Gasteiger partial charge in [0.2, 0.25) is 5.88 Å². The van der Waals surface area contributed by atoms with E-state index >= 15 is 0 Å². The highest BCUT2D eigenvalue weighted by Gasteiger charge is 2.40. The molecule has 11 heteroatoms. The van der Waals surface area contributed by atoms with Crippen molar-refractivity contribution in [2.45, 2.75) is 64.5 Å². The molecule has 0 bridgehead atoms. The highest BCUT2D eigenvalue weighted by atomic mass is 16.6. The normalized spacial score (nSPS) is 19.5. The van der Waals surface area contributed by atoms with E-state index in [1.165, 1.54) is 0 Å². The van der Waals surface area contributed by atoms with Crippen molar-refractivity contribution in [2.75, 3.05) is 53.6 Å². The molecule has 0 radical (unpaired) electrons. The molecular formula is C31H45N5O6. The summed E-state index contributed by atoms with van der Waals surface area (Å²) in [6.07, 6.45) is 5.29. The van der Waals surface area contributed by atoms with Crippen molar-refractivity contribution in [3.05, 3.63) is 35.0 Å². The minimum atomic E-state index is -0.322. The van der Waals surface area contributed by atoms with Crippen molar-refractivity contribution >= 4 is 12.0 Å². The summed E-state index contributed by atoms with van der Waals surface area (Å²) in [5, 5.41) is 10.8. The Hall–Kier alpha value is -3.31. The van der Waals surface area contributed by atoms with Gasteiger partial charge in [-0.25, -0.2) is 4.79 Å². The van der Waals surface area contributed by atoms with Gasteiger partial charge in [-0.05, 0) is 76.0 Å². The molecule has 11 nitrogen and oxygen atoms in total. The lowest BCUT2D eigenvalue weighted by atomic mass is 9.94. The number of methoxy groups -OCH3 is 2. The monoisotopic (exact) mass is 583 g/mol. The molecule has 2 heterocycles. The number of aryl methyl sites for hydroxylation is 1. The Balaban J connectivity index is 1.24. The van der Waals surface area contributed by atoms with Crippen molar-refractivity contribution < 1.29 is 28.5 Å². The van der Waals surface area contributed by atoms with Crippen molar-refractivity contribution in [1.82, 2.24) is 25.3 Å². The number of hydrogen-bond donors (Lipinski definition) is 2. The molecular weight excluding hydrogens is 538 g/mol. The van der Waals surface area contributed by atoms with E-state index in [-0.39, 0.29) is 35.9 Å². The summed E-state index contributed by atoms with van der Waals surface area (Å²) >= 11 is 0. The fourth-order valence-corrected chi connectivity index (χ4v) is 6.00. The van der Waals surface area contributed by atoms with Crippen LogP contribution in [-0.4, -0.2) is 97.7 Å². The van der Waals surface area contributed by atoms with E-state index in [0.29, 0.717) is 49.2 Å². The van der Waals surface area contributed by atoms with E-state index in [2.05, 4.69) is 15.5 Å². The van der Waals surface area contributed by atoms with Crippen LogP contribution in [0, 0.1) is 11.8 Å². The van der Waals surface area contributed by atoms with Gasteiger partial charge in [0.1, 0.15) is 0 Å². The largest absolute Gasteiger partial charge is 0.493 e. The summed E-state index contributed by atoms with van der Waals surface area (Å²) in [5.41, 5.74) is 2.67. The van der Waals surface area contributed by atoms with Crippen LogP contribution in [-0.2, 0) is 17.6 Å². The van der Waals surface area contributed by atoms with Crippen LogP contribution in [0.2, 0.25) is 0 Å². The Labute approximate surface area is 248 Å². The van der Waals surface area contributed by atoms with Gasteiger partial charge in [0.15, 0.2) is 11.5 Å². The second-order valence-corrected chi connectivity index (χ2v) is 11.9. The first kappa shape index (κ1) is 30.2. The molecule has 1 saturated carbocycles. The number of aromatic nitrogens is 2. The maximum atomic E-state index is 13.8. The lowest BCUT2D eigenvalue weighted by Crippen LogP contribution is -2.45. The molecule has 2 atom stereocenters. The maximum absolute atomic E-state index is 13.8. The molecule has 0 spiro atoms. The molecule has 42 heavy (non-hydrogen) atoms. The molecule has 2 aromatic rings. The second kappa shape index (κ2) is 13.8. The first-order valence-corrected chi connectivity index (χ1v) is 15.3. The number of aromatic amines is 1. The standard InChI is InChI=1S/C31H45N5O6/c1-20(2)35(30(37)21-9-12-27(40-4)28(15-21)41-14-6-13-39-3)18-22-16-32-17-23(22)19-36(24-10-11-24)31(38)42-29-25-7-5-8-26(25)33-34-29/h9,12,15,20,22-24,32H,5-8,10-11,13-14,16-19H2,1-4H3,(H,33,34)/t22-,23-/m0/s1. The Bertz CT molecular complexity index is 1230. The summed E-state index contributed by atoms with van der Waals surface area (Å²) in [6.45, 7) is 7.90. The van der Waals surface area contributed by atoms with Gasteiger partial charge in [-0.1, -0.05) is 0 Å². The molecule has 1 aliphatic heterocycles. The summed E-state index contributed by atoms with van der Waals surface area (Å²) in [4.78, 5) is 31.0. The van der Waals surface area contributed by atoms with Gasteiger partial charge in [-0.3, -0.25) is 9.89 Å². The molecule has 2 fully saturated rings. The molecule has 5 rings (SSSR count). The first-order chi connectivity index (χ1) is 20.4. The van der Waals surface area contributed by atoms with Crippen LogP contribution in [0.1, 0.15) is 61.1 Å². The molecule has 0 unspecified atom stereocenters. The topological polar surface area (TPSA) is 118 Å². The molecule has 230 valence electrons. The average Bonchev–Trinajstić information content (AvgIpc) is 3.35. The Kier molecular flexibility index (Phi) is 9.89. The number of rotatable bonds is 14. The summed E-state index contributed by atoms with van der Waals surface area (Å²) in [7, 11) is 3.25. The third kappa shape index (κ3) is 7.00. The molecule has 2 aliphatic carbocycles. The minimum absolute atomic E-state index is 0.00168. The predicted molar refractivity (Wildman–Crippen MR) is 157 cm³/mol. The van der Waals surface area contributed by atoms with Crippen LogP contribution >= 0.6 is 0 Å². The van der Waals surface area contributed by atoms with Gasteiger partial charge in [-0.2, -0.15) is 0 Å². The van der Waals surface area contributed by atoms with Crippen LogP contribution in [0.25, 0.3) is 0 Å². The highest BCUT2D eigenvalue weighted by Crippen LogP contribution is 2.34. The van der Waals surface area contributed by atoms with E-state index in [1.54, 1.807) is 32.4 Å². The third-order valence-electron chi connectivity index (χ3n) is 8.56. The number of H-pyrrole nitrogens is 1. The summed E-state index contributed by atoms with van der Waals surface area (Å²) in [5.74, 6) is 1.91. The zero-order valence-corrected chi connectivity index (χ0v) is 25.3. The number of ether oxygens (including phenoxy) is 4. The smallest absolute Gasteiger partial charge is 0.416 e. The quantitative estimate of drug-likeness (QED) is 0.324. The fourth-order valence-electron chi connectivity index (χ4n) is 6.00. The van der Waals surface area contributed by atoms with E-state index in [0.717, 1.165) is 62.9 Å². The van der Waals surface area contributed by atoms with E-state index in [9.17, 15) is 9.59 Å². The van der Waals surface area contributed by atoms with Crippen molar-refractivity contribution in [2.24, 2.45) is 11.8 Å². The first-order valence-electron chi connectivity index (χ1n) is 15.3. The Morgan fingerprint density at radius 1 is 1.05 bits per heavy atom. The number of hydrogen-bond acceptors (Lipinski definition) is 8. The van der Waals surface area contributed by atoms with Gasteiger partial charge < -0.3 is 34.1 Å². The van der Waals surface area contributed by atoms with E-state index in [1.807, 2.05) is 23.6 Å². The number of fused-ring (bicyclic) bond motifs is 1. The number of amides is 2. The van der Waals surface area contributed by atoms with Crippen LogP contribution < -0.4 is 19.5 Å². The van der Waals surface area contributed by atoms with Gasteiger partial charge in [-0.15, -0.1) is 5.10 Å². The zero-order valence-electron chi connectivity index (χ0n) is 25.3. The van der Waals surface area contributed by atoms with Gasteiger partial charge in [0.25, 0.3) is 5.91 Å². The lowest BCUT2D eigenvalue weighted by molar-refractivity contribution is 0.0648. The van der Waals surface area contributed by atoms with Crippen LogP contribution in [0.4, 0.5) is 4.79 Å². The number of carbonyl (C=O) groups excluding carboxylic acids is 2. The third-order valence-corrected chi connectivity index (χ3v) is 8.56. The number of nitrogens with one attached hydrogen (secondary N) is 2. The summed E-state index contributed by atoms with van der Waals surface area (Å²) < 4.78 is 22.3. The Morgan fingerprint density at radius 3 is 2.55 bits per heavy atom. The predicted octanol–water partition coefficient (Wildman–Crippen LogP) is 3.67. The van der Waals surface area contributed by atoms with Crippen molar-refractivity contribution in [3.63, 3.8) is 0 Å². The highest BCUT2D eigenvalue weighted by molar-refractivity contribution is 5.95. The van der Waals surface area contributed by atoms with Crippen LogP contribution in [0.15, 0.2) is 18.2 Å². The number of benzene rings is 1. The van der Waals surface area contributed by atoms with Gasteiger partial charge >= 0.3 is 6.09 Å². The van der Waals surface area contributed by atoms with E-state index in [4.69, 9.17) is 18.9 Å². The molecule has 2 amide bonds. The number of nitrogens with zero attached hydrogens (tertiary/aromatic N) is 3. The number of carbonyl (C=O) groups is 2. The molecule has 1 aromatic carbocycles. The fraction of sp³-hybridized carbons (Fsp3) is 0.645. The molecule has 1 saturated heterocycles. The van der Waals surface area contributed by atoms with Crippen LogP contribution in [0.3, 0.4) is 0 Å². The second-order valence-electron chi connectivity index (χ2n) is 11.9. The van der Waals surface area contributed by atoms with Crippen molar-refractivity contribution in [3.8, 4) is 17.4 Å². The lowest BCUT2D eigenvalue weighted by Gasteiger charge is -2.33. The Morgan fingerprint density at radius 2 is 1.83 bits per heavy atom. The molecule has 1 aromatic heterocycles.